The van der Waals surface area contributed by atoms with Gasteiger partial charge in [0, 0.05) is 49.0 Å². The third-order valence-electron chi connectivity index (χ3n) is 12.8. The molecule has 6 nitrogen and oxygen atoms in total. The fraction of sp³-hybridized carbons (Fsp3) is 0. The van der Waals surface area contributed by atoms with Crippen molar-refractivity contribution in [2.75, 3.05) is 0 Å². The van der Waals surface area contributed by atoms with Crippen molar-refractivity contribution < 1.29 is 8.83 Å². The number of nitrogens with zero attached hydrogens (tertiary/aromatic N) is 4. The van der Waals surface area contributed by atoms with E-state index in [4.69, 9.17) is 23.8 Å². The van der Waals surface area contributed by atoms with Crippen molar-refractivity contribution >= 4 is 98.0 Å². The molecule has 0 atom stereocenters. The first-order chi connectivity index (χ1) is 31.2. The van der Waals surface area contributed by atoms with E-state index in [0.717, 1.165) is 115 Å². The predicted octanol–water partition coefficient (Wildman–Crippen LogP) is 15.2. The molecule has 10 aromatic carbocycles. The van der Waals surface area contributed by atoms with E-state index < -0.39 is 0 Å². The van der Waals surface area contributed by atoms with Crippen molar-refractivity contribution in [3.8, 4) is 39.9 Å². The van der Waals surface area contributed by atoms with E-state index >= 15 is 0 Å². The number of hydrogen-bond donors (Lipinski definition) is 0. The van der Waals surface area contributed by atoms with Crippen LogP contribution in [0.5, 0.6) is 0 Å². The van der Waals surface area contributed by atoms with E-state index in [1.807, 2.05) is 30.3 Å². The zero-order chi connectivity index (χ0) is 41.2. The summed E-state index contributed by atoms with van der Waals surface area (Å²) in [6, 6.07) is 68.1. The van der Waals surface area contributed by atoms with Crippen LogP contribution in [-0.2, 0) is 0 Å². The largest absolute Gasteiger partial charge is 0.456 e. The molecule has 0 N–H and O–H groups in total. The third kappa shape index (κ3) is 5.15. The van der Waals surface area contributed by atoms with Crippen molar-refractivity contribution in [3.63, 3.8) is 0 Å². The lowest BCUT2D eigenvalue weighted by Gasteiger charge is -2.15. The van der Waals surface area contributed by atoms with E-state index in [2.05, 4.69) is 168 Å². The van der Waals surface area contributed by atoms with Crippen LogP contribution in [0.1, 0.15) is 0 Å². The highest BCUT2D eigenvalue weighted by Crippen LogP contribution is 2.44. The minimum Gasteiger partial charge on any atom is -0.456 e. The van der Waals surface area contributed by atoms with Gasteiger partial charge in [-0.05, 0) is 105 Å². The highest BCUT2D eigenvalue weighted by atomic mass is 16.3. The van der Waals surface area contributed by atoms with Crippen LogP contribution in [0.25, 0.3) is 138 Å². The summed E-state index contributed by atoms with van der Waals surface area (Å²) < 4.78 is 15.7. The first-order valence-corrected chi connectivity index (χ1v) is 21.2. The summed E-state index contributed by atoms with van der Waals surface area (Å²) >= 11 is 0. The van der Waals surface area contributed by atoms with Crippen LogP contribution in [0, 0.1) is 0 Å². The quantitative estimate of drug-likeness (QED) is 0.177. The number of aromatic nitrogens is 4. The van der Waals surface area contributed by atoms with Crippen LogP contribution in [-0.4, -0.2) is 19.5 Å². The van der Waals surface area contributed by atoms with Crippen LogP contribution in [0.3, 0.4) is 0 Å². The molecular formula is C57H32N4O2. The van der Waals surface area contributed by atoms with Gasteiger partial charge in [0.25, 0.3) is 0 Å². The molecule has 14 rings (SSSR count). The fourth-order valence-corrected chi connectivity index (χ4v) is 9.76. The van der Waals surface area contributed by atoms with Crippen LogP contribution in [0.2, 0.25) is 0 Å². The van der Waals surface area contributed by atoms with E-state index in [1.165, 1.54) is 5.39 Å². The van der Waals surface area contributed by atoms with E-state index in [-0.39, 0.29) is 0 Å². The van der Waals surface area contributed by atoms with Crippen molar-refractivity contribution in [2.45, 2.75) is 0 Å². The maximum absolute atomic E-state index is 7.12. The van der Waals surface area contributed by atoms with Gasteiger partial charge >= 0.3 is 0 Å². The number of furan rings is 2. The Balaban J connectivity index is 1.11. The van der Waals surface area contributed by atoms with Gasteiger partial charge in [0.2, 0.25) is 0 Å². The Kier molecular flexibility index (Phi) is 7.02. The van der Waals surface area contributed by atoms with Crippen molar-refractivity contribution in [1.29, 1.82) is 0 Å². The number of hydrogen-bond acceptors (Lipinski definition) is 5. The van der Waals surface area contributed by atoms with Crippen molar-refractivity contribution in [3.05, 3.63) is 194 Å². The maximum Gasteiger partial charge on any atom is 0.166 e. The summed E-state index contributed by atoms with van der Waals surface area (Å²) in [5.74, 6) is 1.67. The molecular weight excluding hydrogens is 773 g/mol. The summed E-state index contributed by atoms with van der Waals surface area (Å²) in [5, 5.41) is 13.3. The van der Waals surface area contributed by atoms with Crippen LogP contribution < -0.4 is 0 Å². The zero-order valence-corrected chi connectivity index (χ0v) is 33.6. The molecule has 0 amide bonds. The summed E-state index contributed by atoms with van der Waals surface area (Å²) in [6.45, 7) is 0. The Hall–Kier alpha value is -8.61. The minimum absolute atomic E-state index is 0.537. The number of para-hydroxylation sites is 2. The lowest BCUT2D eigenvalue weighted by atomic mass is 10.0. The molecule has 63 heavy (non-hydrogen) atoms. The lowest BCUT2D eigenvalue weighted by molar-refractivity contribution is 0.667. The zero-order valence-electron chi connectivity index (χ0n) is 33.6. The first kappa shape index (κ1) is 34.1. The van der Waals surface area contributed by atoms with Gasteiger partial charge in [0.15, 0.2) is 23.1 Å². The average Bonchev–Trinajstić information content (AvgIpc) is 4.00. The second kappa shape index (κ2) is 12.9. The van der Waals surface area contributed by atoms with E-state index in [9.17, 15) is 0 Å². The van der Waals surface area contributed by atoms with Crippen molar-refractivity contribution in [2.24, 2.45) is 0 Å². The molecule has 6 heteroatoms. The Bertz CT molecular complexity index is 4230. The molecule has 0 radical (unpaired) electrons. The standard InChI is InChI=1S/C57H32N4O2/c1-2-12-34-27-39(22-21-33(34)11-1)55-58-56(40-23-26-51-46(30-40)42-18-8-10-20-50(42)62-51)60-57(59-55)44-25-24-43-47-29-36-14-4-6-16-38(36)32-52(47)63-54(43)53(44)61-48-19-9-7-17-41(48)45-28-35-13-3-5-15-37(35)31-49(45)61/h1-32H. The summed E-state index contributed by atoms with van der Waals surface area (Å²) in [7, 11) is 0. The first-order valence-electron chi connectivity index (χ1n) is 21.2. The predicted molar refractivity (Wildman–Crippen MR) is 258 cm³/mol. The van der Waals surface area contributed by atoms with Crippen LogP contribution in [0.4, 0.5) is 0 Å². The highest BCUT2D eigenvalue weighted by molar-refractivity contribution is 6.18. The van der Waals surface area contributed by atoms with Crippen LogP contribution in [0.15, 0.2) is 203 Å². The van der Waals surface area contributed by atoms with E-state index in [1.54, 1.807) is 0 Å². The Morgan fingerprint density at radius 2 is 0.889 bits per heavy atom. The van der Waals surface area contributed by atoms with Gasteiger partial charge in [-0.15, -0.1) is 0 Å². The van der Waals surface area contributed by atoms with E-state index in [0.29, 0.717) is 17.5 Å². The Morgan fingerprint density at radius 3 is 1.68 bits per heavy atom. The van der Waals surface area contributed by atoms with Gasteiger partial charge in [-0.1, -0.05) is 121 Å². The summed E-state index contributed by atoms with van der Waals surface area (Å²) in [6.07, 6.45) is 0. The van der Waals surface area contributed by atoms with Gasteiger partial charge in [-0.3, -0.25) is 0 Å². The van der Waals surface area contributed by atoms with Gasteiger partial charge in [-0.25, -0.2) is 15.0 Å². The monoisotopic (exact) mass is 804 g/mol. The summed E-state index contributed by atoms with van der Waals surface area (Å²) in [5.41, 5.74) is 8.81. The Morgan fingerprint density at radius 1 is 0.317 bits per heavy atom. The fourth-order valence-electron chi connectivity index (χ4n) is 9.76. The van der Waals surface area contributed by atoms with Gasteiger partial charge in [0.1, 0.15) is 22.4 Å². The summed E-state index contributed by atoms with van der Waals surface area (Å²) in [4.78, 5) is 16.1. The molecule has 0 aliphatic carbocycles. The smallest absolute Gasteiger partial charge is 0.166 e. The minimum atomic E-state index is 0.537. The lowest BCUT2D eigenvalue weighted by Crippen LogP contribution is -2.04. The SMILES string of the molecule is c1ccc2cc(-c3nc(-c4ccc5oc6ccccc6c5c4)nc(-c4ccc5c(oc6cc7ccccc7cc65)c4-n4c5ccccc5c5cc6ccccc6cc54)n3)ccc2c1. The molecule has 4 aromatic heterocycles. The highest BCUT2D eigenvalue weighted by Gasteiger charge is 2.25. The van der Waals surface area contributed by atoms with Crippen LogP contribution >= 0.6 is 0 Å². The number of benzene rings is 10. The molecule has 0 aliphatic rings. The molecule has 0 spiro atoms. The average molecular weight is 805 g/mol. The number of rotatable bonds is 4. The maximum atomic E-state index is 7.12. The second-order valence-electron chi connectivity index (χ2n) is 16.4. The van der Waals surface area contributed by atoms with Crippen molar-refractivity contribution in [1.82, 2.24) is 19.5 Å². The molecule has 0 bridgehead atoms. The molecule has 0 saturated carbocycles. The molecule has 14 aromatic rings. The topological polar surface area (TPSA) is 69.9 Å². The molecule has 0 fully saturated rings. The molecule has 0 aliphatic heterocycles. The van der Waals surface area contributed by atoms with Gasteiger partial charge in [-0.2, -0.15) is 0 Å². The van der Waals surface area contributed by atoms with Gasteiger partial charge in [0.05, 0.1) is 11.0 Å². The number of fused-ring (bicyclic) bond motifs is 12. The molecule has 292 valence electrons. The second-order valence-corrected chi connectivity index (χ2v) is 16.4. The molecule has 4 heterocycles. The molecule has 0 saturated heterocycles. The molecule has 0 unspecified atom stereocenters. The normalized spacial score (nSPS) is 12.1. The van der Waals surface area contributed by atoms with Gasteiger partial charge < -0.3 is 13.4 Å². The Labute approximate surface area is 358 Å². The third-order valence-corrected chi connectivity index (χ3v) is 12.8.